The number of hydrogen-bond acceptors (Lipinski definition) is 4. The lowest BCUT2D eigenvalue weighted by Crippen LogP contribution is -2.50. The van der Waals surface area contributed by atoms with Gasteiger partial charge in [-0.3, -0.25) is 9.78 Å². The Labute approximate surface area is 191 Å². The number of carbonyl (C=O) groups excluding carboxylic acids is 1. The van der Waals surface area contributed by atoms with Gasteiger partial charge in [0.05, 0.1) is 17.8 Å². The van der Waals surface area contributed by atoms with E-state index in [0.717, 1.165) is 33.5 Å². The summed E-state index contributed by atoms with van der Waals surface area (Å²) in [7, 11) is -4.13. The number of amides is 1. The molecule has 10 heteroatoms. The van der Waals surface area contributed by atoms with Crippen molar-refractivity contribution >= 4 is 15.9 Å². The lowest BCUT2D eigenvalue weighted by atomic mass is 10.2. The number of sulfonamides is 1. The van der Waals surface area contributed by atoms with E-state index in [-0.39, 0.29) is 32.1 Å². The van der Waals surface area contributed by atoms with Gasteiger partial charge in [-0.1, -0.05) is 6.07 Å². The van der Waals surface area contributed by atoms with E-state index in [1.54, 1.807) is 11.1 Å². The Hall–Kier alpha value is -3.11. The van der Waals surface area contributed by atoms with Gasteiger partial charge in [0.25, 0.3) is 5.91 Å². The highest BCUT2D eigenvalue weighted by Crippen LogP contribution is 2.23. The third-order valence-corrected chi connectivity index (χ3v) is 7.82. The topological polar surface area (TPSA) is 75.5 Å². The molecule has 0 saturated carbocycles. The third kappa shape index (κ3) is 4.53. The molecule has 3 aromatic rings. The molecule has 7 nitrogen and oxygen atoms in total. The second-order valence-electron chi connectivity index (χ2n) is 7.96. The summed E-state index contributed by atoms with van der Waals surface area (Å²) in [5, 5.41) is 0. The van der Waals surface area contributed by atoms with E-state index in [1.807, 2.05) is 42.7 Å². The Balaban J connectivity index is 1.47. The lowest BCUT2D eigenvalue weighted by Gasteiger charge is -2.34. The number of halogens is 2. The molecule has 174 valence electrons. The summed E-state index contributed by atoms with van der Waals surface area (Å²) in [6.45, 7) is 4.74. The van der Waals surface area contributed by atoms with Gasteiger partial charge >= 0.3 is 0 Å². The quantitative estimate of drug-likeness (QED) is 0.570. The molecular weight excluding hydrogens is 450 g/mol. The number of aryl methyl sites for hydroxylation is 1. The summed E-state index contributed by atoms with van der Waals surface area (Å²) in [5.74, 6) is -2.16. The molecule has 0 aliphatic carbocycles. The zero-order valence-electron chi connectivity index (χ0n) is 18.3. The normalized spacial score (nSPS) is 15.1. The van der Waals surface area contributed by atoms with Crippen molar-refractivity contribution in [2.75, 3.05) is 26.2 Å². The van der Waals surface area contributed by atoms with E-state index in [0.29, 0.717) is 18.2 Å². The fraction of sp³-hybridized carbons (Fsp3) is 0.304. The summed E-state index contributed by atoms with van der Waals surface area (Å²) in [5.41, 5.74) is 3.18. The molecule has 1 saturated heterocycles. The molecule has 1 aliphatic rings. The van der Waals surface area contributed by atoms with E-state index in [9.17, 15) is 22.0 Å². The SMILES string of the molecule is Cc1cc(C(=O)N2CCN(S(=O)(=O)c3ccc(F)cc3F)CC2)c(C)n1Cc1ccccn1. The van der Waals surface area contributed by atoms with Crippen LogP contribution in [0.15, 0.2) is 53.6 Å². The van der Waals surface area contributed by atoms with Gasteiger partial charge in [0.1, 0.15) is 16.5 Å². The number of rotatable bonds is 5. The van der Waals surface area contributed by atoms with E-state index in [1.165, 1.54) is 0 Å². The average molecular weight is 475 g/mol. The van der Waals surface area contributed by atoms with Crippen molar-refractivity contribution in [3.8, 4) is 0 Å². The molecule has 33 heavy (non-hydrogen) atoms. The molecular formula is C23H24F2N4O3S. The molecule has 0 spiro atoms. The van der Waals surface area contributed by atoms with Crippen LogP contribution in [0.25, 0.3) is 0 Å². The Morgan fingerprint density at radius 1 is 1.03 bits per heavy atom. The van der Waals surface area contributed by atoms with E-state index in [4.69, 9.17) is 0 Å². The van der Waals surface area contributed by atoms with Gasteiger partial charge in [0, 0.05) is 49.8 Å². The van der Waals surface area contributed by atoms with Crippen molar-refractivity contribution in [2.24, 2.45) is 0 Å². The van der Waals surface area contributed by atoms with Crippen LogP contribution in [0.3, 0.4) is 0 Å². The number of carbonyl (C=O) groups is 1. The zero-order valence-corrected chi connectivity index (χ0v) is 19.1. The van der Waals surface area contributed by atoms with Crippen molar-refractivity contribution < 1.29 is 22.0 Å². The molecule has 1 aromatic carbocycles. The van der Waals surface area contributed by atoms with Gasteiger partial charge < -0.3 is 9.47 Å². The van der Waals surface area contributed by atoms with Gasteiger partial charge in [0.15, 0.2) is 0 Å². The minimum Gasteiger partial charge on any atom is -0.342 e. The Morgan fingerprint density at radius 2 is 1.76 bits per heavy atom. The van der Waals surface area contributed by atoms with Crippen molar-refractivity contribution in [1.29, 1.82) is 0 Å². The van der Waals surface area contributed by atoms with Gasteiger partial charge in [-0.2, -0.15) is 4.31 Å². The number of benzene rings is 1. The smallest absolute Gasteiger partial charge is 0.255 e. The van der Waals surface area contributed by atoms with Crippen molar-refractivity contribution in [2.45, 2.75) is 25.3 Å². The first-order valence-electron chi connectivity index (χ1n) is 10.5. The highest BCUT2D eigenvalue weighted by Gasteiger charge is 2.33. The van der Waals surface area contributed by atoms with Crippen LogP contribution < -0.4 is 0 Å². The molecule has 3 heterocycles. The first kappa shape index (κ1) is 23.1. The summed E-state index contributed by atoms with van der Waals surface area (Å²) in [4.78, 5) is 18.6. The minimum atomic E-state index is -4.13. The molecule has 2 aromatic heterocycles. The zero-order chi connectivity index (χ0) is 23.8. The van der Waals surface area contributed by atoms with Crippen LogP contribution in [-0.2, 0) is 16.6 Å². The van der Waals surface area contributed by atoms with Crippen molar-refractivity contribution in [1.82, 2.24) is 18.8 Å². The van der Waals surface area contributed by atoms with Gasteiger partial charge in [-0.25, -0.2) is 17.2 Å². The predicted molar refractivity (Wildman–Crippen MR) is 118 cm³/mol. The molecule has 1 fully saturated rings. The molecule has 0 atom stereocenters. The maximum Gasteiger partial charge on any atom is 0.255 e. The highest BCUT2D eigenvalue weighted by molar-refractivity contribution is 7.89. The monoisotopic (exact) mass is 474 g/mol. The van der Waals surface area contributed by atoms with Crippen molar-refractivity contribution in [3.63, 3.8) is 0 Å². The van der Waals surface area contributed by atoms with E-state index in [2.05, 4.69) is 4.98 Å². The first-order valence-corrected chi connectivity index (χ1v) is 11.9. The first-order chi connectivity index (χ1) is 15.7. The molecule has 0 bridgehead atoms. The predicted octanol–water partition coefficient (Wildman–Crippen LogP) is 2.97. The molecule has 1 amide bonds. The lowest BCUT2D eigenvalue weighted by molar-refractivity contribution is 0.0697. The van der Waals surface area contributed by atoms with Crippen molar-refractivity contribution in [3.05, 3.63) is 82.9 Å². The number of piperazine rings is 1. The van der Waals surface area contributed by atoms with Gasteiger partial charge in [0.2, 0.25) is 10.0 Å². The van der Waals surface area contributed by atoms with Crippen LogP contribution in [0.4, 0.5) is 8.78 Å². The second kappa shape index (κ2) is 9.03. The van der Waals surface area contributed by atoms with Gasteiger partial charge in [-0.05, 0) is 44.2 Å². The van der Waals surface area contributed by atoms with Crippen LogP contribution >= 0.6 is 0 Å². The Morgan fingerprint density at radius 3 is 2.39 bits per heavy atom. The Kier molecular flexibility index (Phi) is 6.31. The molecule has 1 aliphatic heterocycles. The van der Waals surface area contributed by atoms with Crippen LogP contribution in [0.5, 0.6) is 0 Å². The Bertz CT molecular complexity index is 1280. The standard InChI is InChI=1S/C23H24F2N4O3S/c1-16-13-20(17(2)29(16)15-19-5-3-4-8-26-19)23(30)27-9-11-28(12-10-27)33(31,32)22-7-6-18(24)14-21(22)25/h3-8,13-14H,9-12,15H2,1-2H3. The molecule has 0 unspecified atom stereocenters. The summed E-state index contributed by atoms with van der Waals surface area (Å²) in [6.07, 6.45) is 1.72. The molecule has 4 rings (SSSR count). The third-order valence-electron chi connectivity index (χ3n) is 5.89. The average Bonchev–Trinajstić information content (AvgIpc) is 3.07. The number of aromatic nitrogens is 2. The number of hydrogen-bond donors (Lipinski definition) is 0. The van der Waals surface area contributed by atoms with E-state index >= 15 is 0 Å². The number of nitrogens with zero attached hydrogens (tertiary/aromatic N) is 4. The second-order valence-corrected chi connectivity index (χ2v) is 9.87. The van der Waals surface area contributed by atoms with Crippen LogP contribution in [0, 0.1) is 25.5 Å². The maximum absolute atomic E-state index is 14.1. The highest BCUT2D eigenvalue weighted by atomic mass is 32.2. The fourth-order valence-electron chi connectivity index (χ4n) is 4.04. The van der Waals surface area contributed by atoms with Gasteiger partial charge in [-0.15, -0.1) is 0 Å². The summed E-state index contributed by atoms with van der Waals surface area (Å²) < 4.78 is 55.9. The minimum absolute atomic E-state index is 0.0254. The van der Waals surface area contributed by atoms with Crippen LogP contribution in [0.2, 0.25) is 0 Å². The number of pyridine rings is 1. The fourth-order valence-corrected chi connectivity index (χ4v) is 5.51. The largest absolute Gasteiger partial charge is 0.342 e. The summed E-state index contributed by atoms with van der Waals surface area (Å²) in [6, 6.07) is 9.89. The maximum atomic E-state index is 14.1. The van der Waals surface area contributed by atoms with Crippen LogP contribution in [0.1, 0.15) is 27.4 Å². The summed E-state index contributed by atoms with van der Waals surface area (Å²) >= 11 is 0. The van der Waals surface area contributed by atoms with E-state index < -0.39 is 26.6 Å². The molecule has 0 N–H and O–H groups in total. The van der Waals surface area contributed by atoms with Crippen LogP contribution in [-0.4, -0.2) is 59.3 Å². The molecule has 0 radical (unpaired) electrons.